The van der Waals surface area contributed by atoms with Crippen LogP contribution in [-0.2, 0) is 16.1 Å². The summed E-state index contributed by atoms with van der Waals surface area (Å²) in [5.41, 5.74) is 1.75. The number of benzene rings is 2. The van der Waals surface area contributed by atoms with Crippen molar-refractivity contribution >= 4 is 40.0 Å². The fourth-order valence-corrected chi connectivity index (χ4v) is 3.76. The van der Waals surface area contributed by atoms with Crippen molar-refractivity contribution in [2.45, 2.75) is 25.6 Å². The van der Waals surface area contributed by atoms with E-state index in [1.807, 2.05) is 44.4 Å². The lowest BCUT2D eigenvalue weighted by Gasteiger charge is -2.31. The van der Waals surface area contributed by atoms with Gasteiger partial charge >= 0.3 is 12.1 Å². The number of ether oxygens (including phenoxy) is 3. The number of carbonyl (C=O) groups is 2. The number of methoxy groups -OCH3 is 1. The highest BCUT2D eigenvalue weighted by Gasteiger charge is 2.26. The Morgan fingerprint density at radius 3 is 2.52 bits per heavy atom. The summed E-state index contributed by atoms with van der Waals surface area (Å²) in [6.45, 7) is 1.32. The number of likely N-dealkylation sites (tertiary alicyclic amines) is 1. The smallest absolute Gasteiger partial charge is 0.410 e. The lowest BCUT2D eigenvalue weighted by molar-refractivity contribution is 0.0590. The summed E-state index contributed by atoms with van der Waals surface area (Å²) in [6.07, 6.45) is 2.50. The number of hydrogen-bond donors (Lipinski definition) is 0. The van der Waals surface area contributed by atoms with E-state index in [2.05, 4.69) is 20.9 Å². The van der Waals surface area contributed by atoms with Crippen LogP contribution in [0.25, 0.3) is 0 Å². The number of carbonyl (C=O) groups excluding carboxylic acids is 2. The SMILES string of the molecule is COC(=O)c1cc(OC2CCN(C(=O)OCc3ccccc3)CC2)c(Br)cc1N=CN(C)C. The van der Waals surface area contributed by atoms with E-state index in [1.165, 1.54) is 7.11 Å². The van der Waals surface area contributed by atoms with Crippen molar-refractivity contribution in [1.29, 1.82) is 0 Å². The summed E-state index contributed by atoms with van der Waals surface area (Å²) in [5.74, 6) is 0.0403. The van der Waals surface area contributed by atoms with Gasteiger partial charge in [0.2, 0.25) is 0 Å². The maximum atomic E-state index is 12.4. The Balaban J connectivity index is 1.60. The molecule has 8 nitrogen and oxygen atoms in total. The Morgan fingerprint density at radius 1 is 1.18 bits per heavy atom. The van der Waals surface area contributed by atoms with E-state index >= 15 is 0 Å². The first-order valence-electron chi connectivity index (χ1n) is 10.6. The standard InChI is InChI=1S/C24H28BrN3O5/c1-27(2)16-26-21-14-20(25)22(13-19(21)23(29)31-3)33-18-9-11-28(12-10-18)24(30)32-15-17-7-5-4-6-8-17/h4-8,13-14,16,18H,9-12,15H2,1-3H3. The van der Waals surface area contributed by atoms with Crippen LogP contribution in [0.4, 0.5) is 10.5 Å². The van der Waals surface area contributed by atoms with Gasteiger partial charge in [0.25, 0.3) is 0 Å². The third kappa shape index (κ3) is 6.95. The summed E-state index contributed by atoms with van der Waals surface area (Å²) in [5, 5.41) is 0. The van der Waals surface area contributed by atoms with Gasteiger partial charge in [-0.3, -0.25) is 0 Å². The van der Waals surface area contributed by atoms with E-state index in [9.17, 15) is 9.59 Å². The first-order valence-corrected chi connectivity index (χ1v) is 11.4. The molecule has 0 saturated carbocycles. The Bertz CT molecular complexity index is 989. The molecular formula is C24H28BrN3O5. The topological polar surface area (TPSA) is 80.7 Å². The quantitative estimate of drug-likeness (QED) is 0.302. The van der Waals surface area contributed by atoms with Crippen molar-refractivity contribution in [2.24, 2.45) is 4.99 Å². The average Bonchev–Trinajstić information content (AvgIpc) is 2.83. The molecule has 1 fully saturated rings. The molecule has 1 aliphatic rings. The van der Waals surface area contributed by atoms with E-state index < -0.39 is 5.97 Å². The summed E-state index contributed by atoms with van der Waals surface area (Å²) in [6, 6.07) is 13.0. The Kier molecular flexibility index (Phi) is 8.71. The van der Waals surface area contributed by atoms with E-state index in [-0.39, 0.29) is 18.8 Å². The molecule has 1 amide bonds. The number of piperidine rings is 1. The minimum Gasteiger partial charge on any atom is -0.489 e. The highest BCUT2D eigenvalue weighted by molar-refractivity contribution is 9.10. The van der Waals surface area contributed by atoms with E-state index in [1.54, 1.807) is 28.3 Å². The molecule has 1 aliphatic heterocycles. The second kappa shape index (κ2) is 11.7. The molecule has 2 aromatic rings. The fourth-order valence-electron chi connectivity index (χ4n) is 3.34. The van der Waals surface area contributed by atoms with Crippen molar-refractivity contribution in [3.8, 4) is 5.75 Å². The van der Waals surface area contributed by atoms with Crippen LogP contribution in [0.3, 0.4) is 0 Å². The monoisotopic (exact) mass is 517 g/mol. The van der Waals surface area contributed by atoms with Gasteiger partial charge in [0.05, 0.1) is 29.2 Å². The number of halogens is 1. The number of nitrogens with zero attached hydrogens (tertiary/aromatic N) is 3. The maximum Gasteiger partial charge on any atom is 0.410 e. The van der Waals surface area contributed by atoms with Crippen molar-refractivity contribution in [3.63, 3.8) is 0 Å². The third-order valence-corrected chi connectivity index (χ3v) is 5.70. The molecule has 33 heavy (non-hydrogen) atoms. The zero-order chi connectivity index (χ0) is 23.8. The van der Waals surface area contributed by atoms with Crippen LogP contribution in [0.15, 0.2) is 51.9 Å². The summed E-state index contributed by atoms with van der Waals surface area (Å²) >= 11 is 3.51. The van der Waals surface area contributed by atoms with Crippen molar-refractivity contribution in [1.82, 2.24) is 9.80 Å². The van der Waals surface area contributed by atoms with E-state index in [0.717, 1.165) is 5.56 Å². The first-order chi connectivity index (χ1) is 15.9. The van der Waals surface area contributed by atoms with Gasteiger partial charge in [-0.2, -0.15) is 0 Å². The zero-order valence-electron chi connectivity index (χ0n) is 19.0. The van der Waals surface area contributed by atoms with Gasteiger partial charge in [0.15, 0.2) is 0 Å². The molecule has 0 bridgehead atoms. The van der Waals surface area contributed by atoms with Gasteiger partial charge < -0.3 is 24.0 Å². The van der Waals surface area contributed by atoms with Crippen LogP contribution in [0.1, 0.15) is 28.8 Å². The summed E-state index contributed by atoms with van der Waals surface area (Å²) < 4.78 is 17.2. The molecule has 0 radical (unpaired) electrons. The molecule has 0 atom stereocenters. The largest absolute Gasteiger partial charge is 0.489 e. The number of amides is 1. The highest BCUT2D eigenvalue weighted by atomic mass is 79.9. The molecule has 0 aromatic heterocycles. The number of hydrogen-bond acceptors (Lipinski definition) is 6. The first kappa shape index (κ1) is 24.6. The van der Waals surface area contributed by atoms with Gasteiger partial charge in [-0.15, -0.1) is 0 Å². The number of esters is 1. The van der Waals surface area contributed by atoms with E-state index in [0.29, 0.717) is 47.4 Å². The van der Waals surface area contributed by atoms with Crippen LogP contribution >= 0.6 is 15.9 Å². The number of rotatable bonds is 7. The van der Waals surface area contributed by atoms with Gasteiger partial charge in [0, 0.05) is 40.0 Å². The second-order valence-electron chi connectivity index (χ2n) is 7.84. The maximum absolute atomic E-state index is 12.4. The molecule has 1 saturated heterocycles. The van der Waals surface area contributed by atoms with Crippen molar-refractivity contribution in [3.05, 3.63) is 58.1 Å². The third-order valence-electron chi connectivity index (χ3n) is 5.08. The molecule has 9 heteroatoms. The van der Waals surface area contributed by atoms with Crippen LogP contribution in [0.5, 0.6) is 5.75 Å². The lowest BCUT2D eigenvalue weighted by atomic mass is 10.1. The molecular weight excluding hydrogens is 490 g/mol. The lowest BCUT2D eigenvalue weighted by Crippen LogP contribution is -2.42. The molecule has 3 rings (SSSR count). The second-order valence-corrected chi connectivity index (χ2v) is 8.70. The highest BCUT2D eigenvalue weighted by Crippen LogP contribution is 2.35. The number of aliphatic imine (C=N–C) groups is 1. The van der Waals surface area contributed by atoms with Gasteiger partial charge in [-0.1, -0.05) is 30.3 Å². The average molecular weight is 518 g/mol. The minimum atomic E-state index is -0.491. The van der Waals surface area contributed by atoms with Crippen LogP contribution in [-0.4, -0.2) is 68.6 Å². The zero-order valence-corrected chi connectivity index (χ0v) is 20.6. The molecule has 1 heterocycles. The minimum absolute atomic E-state index is 0.0962. The van der Waals surface area contributed by atoms with Gasteiger partial charge in [0.1, 0.15) is 18.5 Å². The predicted molar refractivity (Wildman–Crippen MR) is 129 cm³/mol. The molecule has 0 N–H and O–H groups in total. The summed E-state index contributed by atoms with van der Waals surface area (Å²) in [7, 11) is 5.02. The molecule has 0 unspecified atom stereocenters. The molecule has 0 spiro atoms. The van der Waals surface area contributed by atoms with E-state index in [4.69, 9.17) is 14.2 Å². The fraction of sp³-hybridized carbons (Fsp3) is 0.375. The Hall–Kier alpha value is -3.07. The predicted octanol–water partition coefficient (Wildman–Crippen LogP) is 4.64. The van der Waals surface area contributed by atoms with Crippen LogP contribution in [0.2, 0.25) is 0 Å². The van der Waals surface area contributed by atoms with Crippen LogP contribution in [0, 0.1) is 0 Å². The van der Waals surface area contributed by atoms with Crippen molar-refractivity contribution < 1.29 is 23.8 Å². The van der Waals surface area contributed by atoms with Gasteiger partial charge in [-0.05, 0) is 33.6 Å². The van der Waals surface area contributed by atoms with Gasteiger partial charge in [-0.25, -0.2) is 14.6 Å². The molecule has 2 aromatic carbocycles. The normalized spacial score (nSPS) is 14.2. The Morgan fingerprint density at radius 2 is 1.88 bits per heavy atom. The Labute approximate surface area is 202 Å². The molecule has 176 valence electrons. The summed E-state index contributed by atoms with van der Waals surface area (Å²) in [4.78, 5) is 32.5. The van der Waals surface area contributed by atoms with Crippen molar-refractivity contribution in [2.75, 3.05) is 34.3 Å². The molecule has 0 aliphatic carbocycles. The van der Waals surface area contributed by atoms with Crippen LogP contribution < -0.4 is 4.74 Å².